The van der Waals surface area contributed by atoms with Gasteiger partial charge in [-0.1, -0.05) is 19.1 Å². The van der Waals surface area contributed by atoms with Crippen LogP contribution in [0.1, 0.15) is 48.4 Å². The summed E-state index contributed by atoms with van der Waals surface area (Å²) in [5, 5.41) is 4.02. The van der Waals surface area contributed by atoms with Gasteiger partial charge in [0.25, 0.3) is 10.0 Å². The van der Waals surface area contributed by atoms with Gasteiger partial charge in [-0.15, -0.1) is 0 Å². The molecule has 3 aliphatic rings. The zero-order chi connectivity index (χ0) is 19.7. The van der Waals surface area contributed by atoms with Gasteiger partial charge in [0.2, 0.25) is 0 Å². The largest absolute Gasteiger partial charge is 0.333 e. The Morgan fingerprint density at radius 2 is 1.86 bits per heavy atom. The fourth-order valence-corrected chi connectivity index (χ4v) is 5.60. The van der Waals surface area contributed by atoms with Gasteiger partial charge in [-0.05, 0) is 86.2 Å². The van der Waals surface area contributed by atoms with Crippen molar-refractivity contribution in [2.75, 3.05) is 25.0 Å². The second-order valence-electron chi connectivity index (χ2n) is 8.11. The highest BCUT2D eigenvalue weighted by Crippen LogP contribution is 2.38. The number of carbonyl (C=O) groups is 1. The molecule has 1 heterocycles. The summed E-state index contributed by atoms with van der Waals surface area (Å²) >= 11 is 0. The normalized spacial score (nSPS) is 21.8. The summed E-state index contributed by atoms with van der Waals surface area (Å²) in [4.78, 5) is 14.8. The van der Waals surface area contributed by atoms with Crippen LogP contribution in [0.2, 0.25) is 0 Å². The highest BCUT2D eigenvalue weighted by Gasteiger charge is 2.26. The third-order valence-electron chi connectivity index (χ3n) is 6.23. The van der Waals surface area contributed by atoms with Crippen LogP contribution in [0.15, 0.2) is 17.6 Å². The molecule has 1 aliphatic heterocycles. The number of likely N-dealkylation sites (tertiary alicyclic amines) is 1. The van der Waals surface area contributed by atoms with Gasteiger partial charge in [-0.3, -0.25) is 0 Å². The van der Waals surface area contributed by atoms with Crippen molar-refractivity contribution in [2.24, 2.45) is 5.92 Å². The molecule has 1 atom stereocenters. The summed E-state index contributed by atoms with van der Waals surface area (Å²) in [6.07, 6.45) is 8.81. The lowest BCUT2D eigenvalue weighted by Gasteiger charge is -2.16. The van der Waals surface area contributed by atoms with Gasteiger partial charge in [-0.25, -0.2) is 17.9 Å². The van der Waals surface area contributed by atoms with Gasteiger partial charge in [0.1, 0.15) is 0 Å². The van der Waals surface area contributed by atoms with Crippen molar-refractivity contribution in [1.82, 2.24) is 9.62 Å². The molecule has 7 heteroatoms. The molecule has 1 aromatic carbocycles. The van der Waals surface area contributed by atoms with Gasteiger partial charge in [0, 0.05) is 17.6 Å². The Kier molecular flexibility index (Phi) is 5.47. The summed E-state index contributed by atoms with van der Waals surface area (Å²) < 4.78 is 26.8. The summed E-state index contributed by atoms with van der Waals surface area (Å²) in [5.74, 6) is 0.222. The van der Waals surface area contributed by atoms with E-state index in [1.807, 2.05) is 0 Å². The fourth-order valence-electron chi connectivity index (χ4n) is 4.79. The molecule has 2 amide bonds. The number of anilines is 1. The maximum Gasteiger partial charge on any atom is 0.333 e. The van der Waals surface area contributed by atoms with Crippen molar-refractivity contribution < 1.29 is 13.2 Å². The molecule has 2 aliphatic carbocycles. The number of amides is 2. The van der Waals surface area contributed by atoms with Crippen molar-refractivity contribution in [3.8, 4) is 0 Å². The van der Waals surface area contributed by atoms with Crippen LogP contribution < -0.4 is 10.0 Å². The molecular weight excluding hydrogens is 374 g/mol. The summed E-state index contributed by atoms with van der Waals surface area (Å²) in [6, 6.07) is 1.62. The molecule has 0 unspecified atom stereocenters. The Labute approximate surface area is 167 Å². The van der Waals surface area contributed by atoms with Crippen molar-refractivity contribution >= 4 is 21.7 Å². The number of rotatable bonds is 5. The second kappa shape index (κ2) is 7.87. The molecule has 1 fully saturated rings. The van der Waals surface area contributed by atoms with Crippen molar-refractivity contribution in [1.29, 1.82) is 0 Å². The van der Waals surface area contributed by atoms with Crippen LogP contribution in [0.5, 0.6) is 0 Å². The number of benzene rings is 1. The summed E-state index contributed by atoms with van der Waals surface area (Å²) in [7, 11) is -3.80. The van der Waals surface area contributed by atoms with Gasteiger partial charge < -0.3 is 10.2 Å². The molecule has 152 valence electrons. The first-order chi connectivity index (χ1) is 13.4. The minimum absolute atomic E-state index is 0.222. The van der Waals surface area contributed by atoms with E-state index < -0.39 is 16.1 Å². The first-order valence-corrected chi connectivity index (χ1v) is 11.9. The predicted octanol–water partition coefficient (Wildman–Crippen LogP) is 2.97. The number of nitrogens with one attached hydrogen (secondary N) is 2. The number of sulfonamides is 1. The molecule has 0 spiro atoms. The number of urea groups is 1. The van der Waals surface area contributed by atoms with E-state index in [2.05, 4.69) is 27.9 Å². The van der Waals surface area contributed by atoms with Gasteiger partial charge >= 0.3 is 6.03 Å². The van der Waals surface area contributed by atoms with E-state index in [1.165, 1.54) is 22.3 Å². The van der Waals surface area contributed by atoms with E-state index in [0.29, 0.717) is 0 Å². The zero-order valence-electron chi connectivity index (χ0n) is 16.5. The minimum atomic E-state index is -3.80. The van der Waals surface area contributed by atoms with Crippen molar-refractivity contribution in [3.05, 3.63) is 39.8 Å². The van der Waals surface area contributed by atoms with Crippen LogP contribution in [0.3, 0.4) is 0 Å². The van der Waals surface area contributed by atoms with E-state index in [9.17, 15) is 13.2 Å². The van der Waals surface area contributed by atoms with Gasteiger partial charge in [0.15, 0.2) is 0 Å². The van der Waals surface area contributed by atoms with E-state index >= 15 is 0 Å². The van der Waals surface area contributed by atoms with Crippen LogP contribution in [-0.4, -0.2) is 39.0 Å². The predicted molar refractivity (Wildman–Crippen MR) is 111 cm³/mol. The highest BCUT2D eigenvalue weighted by molar-refractivity contribution is 7.92. The van der Waals surface area contributed by atoms with Gasteiger partial charge in [0.05, 0.1) is 0 Å². The molecule has 1 saturated heterocycles. The van der Waals surface area contributed by atoms with E-state index in [1.54, 1.807) is 6.08 Å². The summed E-state index contributed by atoms with van der Waals surface area (Å²) in [5.41, 5.74) is 5.85. The molecule has 2 N–H and O–H groups in total. The molecule has 4 rings (SSSR count). The molecule has 0 bridgehead atoms. The smallest absolute Gasteiger partial charge is 0.307 e. The number of hydrogen-bond acceptors (Lipinski definition) is 4. The lowest BCUT2D eigenvalue weighted by atomic mass is 9.99. The highest BCUT2D eigenvalue weighted by atomic mass is 32.2. The monoisotopic (exact) mass is 403 g/mol. The zero-order valence-corrected chi connectivity index (χ0v) is 17.3. The van der Waals surface area contributed by atoms with E-state index in [-0.39, 0.29) is 5.92 Å². The van der Waals surface area contributed by atoms with Crippen LogP contribution in [-0.2, 0) is 35.7 Å². The average molecular weight is 404 g/mol. The van der Waals surface area contributed by atoms with Crippen molar-refractivity contribution in [3.63, 3.8) is 0 Å². The average Bonchev–Trinajstić information content (AvgIpc) is 3.39. The molecule has 6 nitrogen and oxygen atoms in total. The molecule has 1 aromatic rings. The Balaban J connectivity index is 1.44. The minimum Gasteiger partial charge on any atom is -0.307 e. The third kappa shape index (κ3) is 4.10. The van der Waals surface area contributed by atoms with Crippen LogP contribution in [0.4, 0.5) is 10.5 Å². The van der Waals surface area contributed by atoms with E-state index in [0.717, 1.165) is 75.7 Å². The summed E-state index contributed by atoms with van der Waals surface area (Å²) in [6.45, 7) is 4.94. The number of hydrogen-bond donors (Lipinski definition) is 2. The lowest BCUT2D eigenvalue weighted by Crippen LogP contribution is -2.33. The molecular formula is C21H29N3O3S. The molecule has 0 radical (unpaired) electrons. The fraction of sp³-hybridized carbons (Fsp3) is 0.571. The topological polar surface area (TPSA) is 78.5 Å². The second-order valence-corrected chi connectivity index (χ2v) is 9.67. The number of fused-ring (bicyclic) bond motifs is 2. The molecule has 0 saturated carbocycles. The maximum absolute atomic E-state index is 12.5. The Bertz CT molecular complexity index is 876. The quantitative estimate of drug-likeness (QED) is 0.792. The van der Waals surface area contributed by atoms with Crippen LogP contribution >= 0.6 is 0 Å². The first-order valence-electron chi connectivity index (χ1n) is 10.4. The number of nitrogens with zero attached hydrogens (tertiary/aromatic N) is 1. The lowest BCUT2D eigenvalue weighted by molar-refractivity contribution is 0.256. The van der Waals surface area contributed by atoms with E-state index in [4.69, 9.17) is 0 Å². The van der Waals surface area contributed by atoms with Crippen molar-refractivity contribution in [2.45, 2.75) is 51.9 Å². The molecule has 0 aromatic heterocycles. The Hall–Kier alpha value is -1.86. The Morgan fingerprint density at radius 1 is 1.18 bits per heavy atom. The Morgan fingerprint density at radius 3 is 2.46 bits per heavy atom. The number of carbonyl (C=O) groups excluding carboxylic acids is 1. The van der Waals surface area contributed by atoms with Crippen LogP contribution in [0, 0.1) is 5.92 Å². The van der Waals surface area contributed by atoms with Gasteiger partial charge in [-0.2, -0.15) is 0 Å². The third-order valence-corrected chi connectivity index (χ3v) is 7.22. The van der Waals surface area contributed by atoms with Crippen LogP contribution in [0.25, 0.3) is 0 Å². The number of aryl methyl sites for hydroxylation is 2. The SMILES string of the molecule is CCN1CC[C@H](/C=C/S(=O)(=O)NC(=O)Nc2c3c(cc4c2CCC4)CCC3)C1. The molecule has 28 heavy (non-hydrogen) atoms. The standard InChI is InChI=1S/C21H29N3O3S/c1-2-24-11-9-15(14-24)10-12-28(26,27)23-21(25)22-20-18-7-3-5-16(18)13-17-6-4-8-19(17)20/h10,12-13,15H,2-9,11,14H2,1H3,(H2,22,23,25)/b12-10+/t15-/m1/s1. The maximum atomic E-state index is 12.5. The first kappa shape index (κ1) is 19.5.